The molecule has 0 saturated carbocycles. The molecule has 0 fully saturated rings. The van der Waals surface area contributed by atoms with E-state index < -0.39 is 10.9 Å². The Morgan fingerprint density at radius 1 is 1.35 bits per heavy atom. The number of hydrogen-bond acceptors (Lipinski definition) is 5. The van der Waals surface area contributed by atoms with Crippen LogP contribution in [0, 0.1) is 30.9 Å². The van der Waals surface area contributed by atoms with Crippen molar-refractivity contribution in [2.24, 2.45) is 0 Å². The molecule has 0 aliphatic carbocycles. The molecule has 0 N–H and O–H groups in total. The summed E-state index contributed by atoms with van der Waals surface area (Å²) in [6.45, 7) is 5.28. The van der Waals surface area contributed by atoms with Crippen LogP contribution in [0.2, 0.25) is 0 Å². The topological polar surface area (TPSA) is 90.9 Å². The third-order valence-corrected chi connectivity index (χ3v) is 3.00. The highest BCUT2D eigenvalue weighted by Gasteiger charge is 2.21. The Labute approximate surface area is 115 Å². The monoisotopic (exact) mass is 274 g/mol. The van der Waals surface area contributed by atoms with E-state index in [1.165, 1.54) is 4.68 Å². The van der Waals surface area contributed by atoms with Crippen LogP contribution in [0.25, 0.3) is 0 Å². The minimum absolute atomic E-state index is 0.0586. The molecule has 0 radical (unpaired) electrons. The maximum atomic E-state index is 12.3. The van der Waals surface area contributed by atoms with Crippen LogP contribution < -0.4 is 0 Å². The lowest BCUT2D eigenvalue weighted by molar-refractivity contribution is -0.394. The van der Waals surface area contributed by atoms with Crippen LogP contribution in [0.4, 0.5) is 5.95 Å². The van der Waals surface area contributed by atoms with Crippen molar-refractivity contribution in [3.63, 3.8) is 0 Å². The van der Waals surface area contributed by atoms with E-state index in [-0.39, 0.29) is 12.3 Å². The number of nitro groups is 1. The number of hydrogen-bond donors (Lipinski definition) is 0. The second kappa shape index (κ2) is 5.20. The second-order valence-electron chi connectivity index (χ2n) is 4.62. The van der Waals surface area contributed by atoms with E-state index in [0.29, 0.717) is 11.4 Å². The molecule has 0 saturated heterocycles. The van der Waals surface area contributed by atoms with E-state index in [1.54, 1.807) is 13.0 Å². The summed E-state index contributed by atoms with van der Waals surface area (Å²) >= 11 is 0. The van der Waals surface area contributed by atoms with E-state index in [2.05, 4.69) is 10.1 Å². The first-order valence-corrected chi connectivity index (χ1v) is 6.05. The van der Waals surface area contributed by atoms with Gasteiger partial charge in [0.05, 0.1) is 0 Å². The van der Waals surface area contributed by atoms with Crippen LogP contribution in [0.15, 0.2) is 18.2 Å². The highest BCUT2D eigenvalue weighted by Crippen LogP contribution is 2.13. The minimum Gasteiger partial charge on any atom is -0.390 e. The zero-order chi connectivity index (χ0) is 14.9. The molecule has 1 heterocycles. The molecule has 2 aromatic rings. The van der Waals surface area contributed by atoms with Crippen molar-refractivity contribution in [2.75, 3.05) is 0 Å². The number of rotatable bonds is 4. The molecule has 104 valence electrons. The summed E-state index contributed by atoms with van der Waals surface area (Å²) in [6.07, 6.45) is 0. The third kappa shape index (κ3) is 2.71. The first-order chi connectivity index (χ1) is 9.38. The molecule has 1 aromatic carbocycles. The summed E-state index contributed by atoms with van der Waals surface area (Å²) in [5.41, 5.74) is 2.45. The smallest absolute Gasteiger partial charge is 0.390 e. The lowest BCUT2D eigenvalue weighted by Gasteiger charge is -2.05. The SMILES string of the molecule is Cc1ccc(C)c(C(=O)Cn2nc([N+](=O)[O-])nc2C)c1. The molecule has 7 nitrogen and oxygen atoms in total. The van der Waals surface area contributed by atoms with Gasteiger partial charge >= 0.3 is 5.95 Å². The Morgan fingerprint density at radius 3 is 2.65 bits per heavy atom. The zero-order valence-corrected chi connectivity index (χ0v) is 11.5. The van der Waals surface area contributed by atoms with Crippen LogP contribution in [-0.2, 0) is 6.54 Å². The molecule has 0 spiro atoms. The van der Waals surface area contributed by atoms with Gasteiger partial charge < -0.3 is 10.1 Å². The van der Waals surface area contributed by atoms with Crippen molar-refractivity contribution in [2.45, 2.75) is 27.3 Å². The molecule has 0 aliphatic rings. The zero-order valence-electron chi connectivity index (χ0n) is 11.5. The van der Waals surface area contributed by atoms with E-state index in [9.17, 15) is 14.9 Å². The standard InChI is InChI=1S/C13H14N4O3/c1-8-4-5-9(2)11(6-8)12(18)7-16-10(3)14-13(15-16)17(19)20/h4-6H,7H2,1-3H3. The van der Waals surface area contributed by atoms with Gasteiger partial charge in [-0.05, 0) is 35.4 Å². The summed E-state index contributed by atoms with van der Waals surface area (Å²) in [4.78, 5) is 25.9. The molecule has 20 heavy (non-hydrogen) atoms. The predicted molar refractivity (Wildman–Crippen MR) is 71.7 cm³/mol. The average Bonchev–Trinajstić information content (AvgIpc) is 2.74. The number of Topliss-reactive ketones (excluding diaryl/α,β-unsaturated/α-hetero) is 1. The Balaban J connectivity index is 2.28. The first-order valence-electron chi connectivity index (χ1n) is 6.05. The van der Waals surface area contributed by atoms with E-state index in [4.69, 9.17) is 0 Å². The minimum atomic E-state index is -0.675. The van der Waals surface area contributed by atoms with Crippen LogP contribution in [0.3, 0.4) is 0 Å². The lowest BCUT2D eigenvalue weighted by Crippen LogP contribution is -2.14. The molecule has 0 aliphatic heterocycles. The Morgan fingerprint density at radius 2 is 2.05 bits per heavy atom. The van der Waals surface area contributed by atoms with Gasteiger partial charge in [0, 0.05) is 17.6 Å². The summed E-state index contributed by atoms with van der Waals surface area (Å²) in [5.74, 6) is -0.291. The van der Waals surface area contributed by atoms with Crippen LogP contribution in [-0.4, -0.2) is 25.5 Å². The molecule has 0 atom stereocenters. The number of carbonyl (C=O) groups excluding carboxylic acids is 1. The van der Waals surface area contributed by atoms with Crippen LogP contribution in [0.1, 0.15) is 27.3 Å². The maximum absolute atomic E-state index is 12.3. The Hall–Kier alpha value is -2.57. The molecular weight excluding hydrogens is 260 g/mol. The van der Waals surface area contributed by atoms with Crippen molar-refractivity contribution >= 4 is 11.7 Å². The van der Waals surface area contributed by atoms with Crippen molar-refractivity contribution in [3.8, 4) is 0 Å². The van der Waals surface area contributed by atoms with E-state index in [1.807, 2.05) is 26.0 Å². The fraction of sp³-hybridized carbons (Fsp3) is 0.308. The number of carbonyl (C=O) groups is 1. The summed E-state index contributed by atoms with van der Waals surface area (Å²) in [5, 5.41) is 14.3. The largest absolute Gasteiger partial charge is 0.491 e. The fourth-order valence-electron chi connectivity index (χ4n) is 1.89. The number of nitrogens with zero attached hydrogens (tertiary/aromatic N) is 4. The van der Waals surface area contributed by atoms with Gasteiger partial charge in [-0.2, -0.15) is 4.68 Å². The first kappa shape index (κ1) is 13.9. The van der Waals surface area contributed by atoms with Crippen molar-refractivity contribution in [1.29, 1.82) is 0 Å². The number of ketones is 1. The van der Waals surface area contributed by atoms with Gasteiger partial charge in [-0.25, -0.2) is 0 Å². The van der Waals surface area contributed by atoms with Gasteiger partial charge in [0.25, 0.3) is 0 Å². The number of benzene rings is 1. The van der Waals surface area contributed by atoms with Gasteiger partial charge in [-0.15, -0.1) is 0 Å². The second-order valence-corrected chi connectivity index (χ2v) is 4.62. The number of aryl methyl sites for hydroxylation is 3. The normalized spacial score (nSPS) is 10.6. The Bertz CT molecular complexity index is 691. The van der Waals surface area contributed by atoms with Gasteiger partial charge in [0.2, 0.25) is 5.82 Å². The summed E-state index contributed by atoms with van der Waals surface area (Å²) in [6, 6.07) is 5.61. The maximum Gasteiger partial charge on any atom is 0.491 e. The molecule has 1 aromatic heterocycles. The quantitative estimate of drug-likeness (QED) is 0.483. The van der Waals surface area contributed by atoms with E-state index >= 15 is 0 Å². The predicted octanol–water partition coefficient (Wildman–Crippen LogP) is 1.99. The van der Waals surface area contributed by atoms with Crippen molar-refractivity contribution in [1.82, 2.24) is 14.8 Å². The van der Waals surface area contributed by atoms with Crippen molar-refractivity contribution in [3.05, 3.63) is 50.8 Å². The van der Waals surface area contributed by atoms with Gasteiger partial charge in [0.15, 0.2) is 5.78 Å². The summed E-state index contributed by atoms with van der Waals surface area (Å²) < 4.78 is 1.25. The van der Waals surface area contributed by atoms with E-state index in [0.717, 1.165) is 11.1 Å². The van der Waals surface area contributed by atoms with Crippen LogP contribution in [0.5, 0.6) is 0 Å². The molecule has 2 rings (SSSR count). The molecule has 7 heteroatoms. The lowest BCUT2D eigenvalue weighted by atomic mass is 10.0. The third-order valence-electron chi connectivity index (χ3n) is 3.00. The summed E-state index contributed by atoms with van der Waals surface area (Å²) in [7, 11) is 0. The highest BCUT2D eigenvalue weighted by molar-refractivity contribution is 5.97. The van der Waals surface area contributed by atoms with Gasteiger partial charge in [-0.3, -0.25) is 4.79 Å². The molecule has 0 amide bonds. The fourth-order valence-corrected chi connectivity index (χ4v) is 1.89. The molecular formula is C13H14N4O3. The number of aromatic nitrogens is 3. The van der Waals surface area contributed by atoms with Gasteiger partial charge in [0.1, 0.15) is 6.54 Å². The average molecular weight is 274 g/mol. The highest BCUT2D eigenvalue weighted by atomic mass is 16.6. The molecule has 0 bridgehead atoms. The van der Waals surface area contributed by atoms with Crippen LogP contribution >= 0.6 is 0 Å². The van der Waals surface area contributed by atoms with Gasteiger partial charge in [-0.1, -0.05) is 17.7 Å². The molecule has 0 unspecified atom stereocenters. The Kier molecular flexibility index (Phi) is 3.60. The van der Waals surface area contributed by atoms with Crippen molar-refractivity contribution < 1.29 is 9.72 Å².